The van der Waals surface area contributed by atoms with Gasteiger partial charge in [-0.2, -0.15) is 0 Å². The highest BCUT2D eigenvalue weighted by atomic mass is 16.2. The Labute approximate surface area is 99.4 Å². The Morgan fingerprint density at radius 3 is 2.38 bits per heavy atom. The van der Waals surface area contributed by atoms with Gasteiger partial charge in [0, 0.05) is 25.6 Å². The van der Waals surface area contributed by atoms with Crippen molar-refractivity contribution < 1.29 is 4.79 Å². The van der Waals surface area contributed by atoms with Crippen LogP contribution < -0.4 is 5.73 Å². The van der Waals surface area contributed by atoms with E-state index < -0.39 is 0 Å². The molecule has 3 heteroatoms. The molecule has 0 aromatic rings. The van der Waals surface area contributed by atoms with Crippen LogP contribution in [0.15, 0.2) is 0 Å². The number of carbonyl (C=O) groups is 1. The van der Waals surface area contributed by atoms with Crippen molar-refractivity contribution in [3.63, 3.8) is 0 Å². The molecule has 0 aliphatic heterocycles. The number of hydrogen-bond acceptors (Lipinski definition) is 2. The van der Waals surface area contributed by atoms with Crippen LogP contribution in [-0.4, -0.2) is 30.9 Å². The van der Waals surface area contributed by atoms with Gasteiger partial charge in [0.25, 0.3) is 0 Å². The maximum atomic E-state index is 12.5. The molecule has 1 aliphatic carbocycles. The molecule has 0 saturated heterocycles. The molecule has 0 unspecified atom stereocenters. The van der Waals surface area contributed by atoms with Crippen molar-refractivity contribution in [3.05, 3.63) is 0 Å². The van der Waals surface area contributed by atoms with E-state index in [1.54, 1.807) is 0 Å². The van der Waals surface area contributed by atoms with Crippen LogP contribution in [-0.2, 0) is 4.79 Å². The van der Waals surface area contributed by atoms with Crippen molar-refractivity contribution >= 4 is 5.91 Å². The minimum Gasteiger partial charge on any atom is -0.344 e. The van der Waals surface area contributed by atoms with Gasteiger partial charge in [0.15, 0.2) is 0 Å². The molecule has 94 valence electrons. The van der Waals surface area contributed by atoms with Crippen molar-refractivity contribution in [1.29, 1.82) is 0 Å². The third-order valence-corrected chi connectivity index (χ3v) is 3.62. The number of nitrogens with two attached hydrogens (primary N) is 1. The van der Waals surface area contributed by atoms with Gasteiger partial charge < -0.3 is 10.6 Å². The molecule has 0 atom stereocenters. The predicted octanol–water partition coefficient (Wildman–Crippen LogP) is 2.01. The topological polar surface area (TPSA) is 46.3 Å². The van der Waals surface area contributed by atoms with Gasteiger partial charge in [-0.1, -0.05) is 26.7 Å². The van der Waals surface area contributed by atoms with Crippen molar-refractivity contribution in [1.82, 2.24) is 4.90 Å². The van der Waals surface area contributed by atoms with Crippen molar-refractivity contribution in [2.45, 2.75) is 46.0 Å². The molecule has 0 heterocycles. The summed E-state index contributed by atoms with van der Waals surface area (Å²) in [5, 5.41) is 0. The summed E-state index contributed by atoms with van der Waals surface area (Å²) in [6, 6.07) is 0. The number of hydrogen-bond donors (Lipinski definition) is 1. The minimum absolute atomic E-state index is 0.0713. The lowest BCUT2D eigenvalue weighted by Crippen LogP contribution is -2.43. The van der Waals surface area contributed by atoms with Crippen molar-refractivity contribution in [2.75, 3.05) is 20.1 Å². The number of rotatable bonds is 5. The molecule has 0 spiro atoms. The predicted molar refractivity (Wildman–Crippen MR) is 67.0 cm³/mol. The van der Waals surface area contributed by atoms with Crippen LogP contribution in [0.25, 0.3) is 0 Å². The second-order valence-corrected chi connectivity index (χ2v) is 5.60. The van der Waals surface area contributed by atoms with Gasteiger partial charge >= 0.3 is 0 Å². The van der Waals surface area contributed by atoms with Crippen LogP contribution >= 0.6 is 0 Å². The van der Waals surface area contributed by atoms with E-state index in [1.807, 2.05) is 11.9 Å². The Morgan fingerprint density at radius 2 is 1.94 bits per heavy atom. The fraction of sp³-hybridized carbons (Fsp3) is 0.923. The molecule has 1 rings (SSSR count). The SMILES string of the molecule is CC(C)CC1(C(=O)N(C)CCN)CCCC1. The third kappa shape index (κ3) is 2.97. The molecule has 1 amide bonds. The lowest BCUT2D eigenvalue weighted by molar-refractivity contribution is -0.141. The highest BCUT2D eigenvalue weighted by Gasteiger charge is 2.42. The summed E-state index contributed by atoms with van der Waals surface area (Å²) in [4.78, 5) is 14.3. The average Bonchev–Trinajstić information content (AvgIpc) is 2.65. The van der Waals surface area contributed by atoms with E-state index in [0.717, 1.165) is 19.3 Å². The zero-order chi connectivity index (χ0) is 12.2. The number of nitrogens with zero attached hydrogens (tertiary/aromatic N) is 1. The summed E-state index contributed by atoms with van der Waals surface area (Å²) >= 11 is 0. The van der Waals surface area contributed by atoms with Gasteiger partial charge in [-0.25, -0.2) is 0 Å². The molecule has 16 heavy (non-hydrogen) atoms. The molecule has 1 aliphatic rings. The molecular formula is C13H26N2O. The van der Waals surface area contributed by atoms with Gasteiger partial charge in [-0.05, 0) is 25.2 Å². The van der Waals surface area contributed by atoms with Gasteiger partial charge in [-0.3, -0.25) is 4.79 Å². The van der Waals surface area contributed by atoms with Crippen LogP contribution in [0, 0.1) is 11.3 Å². The van der Waals surface area contributed by atoms with E-state index in [-0.39, 0.29) is 5.41 Å². The van der Waals surface area contributed by atoms with Crippen LogP contribution in [0.2, 0.25) is 0 Å². The zero-order valence-electron chi connectivity index (χ0n) is 11.0. The summed E-state index contributed by atoms with van der Waals surface area (Å²) < 4.78 is 0. The highest BCUT2D eigenvalue weighted by Crippen LogP contribution is 2.44. The first kappa shape index (κ1) is 13.5. The van der Waals surface area contributed by atoms with Crippen LogP contribution in [0.1, 0.15) is 46.0 Å². The maximum absolute atomic E-state index is 12.5. The Bertz CT molecular complexity index is 232. The summed E-state index contributed by atoms with van der Waals surface area (Å²) in [6.45, 7) is 5.64. The smallest absolute Gasteiger partial charge is 0.228 e. The van der Waals surface area contributed by atoms with Gasteiger partial charge in [0.1, 0.15) is 0 Å². The molecule has 3 nitrogen and oxygen atoms in total. The van der Waals surface area contributed by atoms with Gasteiger partial charge in [0.05, 0.1) is 0 Å². The summed E-state index contributed by atoms with van der Waals surface area (Å²) in [5.74, 6) is 0.914. The van der Waals surface area contributed by atoms with E-state index in [0.29, 0.717) is 24.9 Å². The molecule has 0 aromatic heterocycles. The summed E-state index contributed by atoms with van der Waals surface area (Å²) in [7, 11) is 1.88. The number of carbonyl (C=O) groups excluding carboxylic acids is 1. The Hall–Kier alpha value is -0.570. The second-order valence-electron chi connectivity index (χ2n) is 5.60. The van der Waals surface area contributed by atoms with E-state index in [2.05, 4.69) is 13.8 Å². The number of likely N-dealkylation sites (N-methyl/N-ethyl adjacent to an activating group) is 1. The van der Waals surface area contributed by atoms with Crippen molar-refractivity contribution in [2.24, 2.45) is 17.1 Å². The summed E-state index contributed by atoms with van der Waals surface area (Å²) in [6.07, 6.45) is 5.57. The normalized spacial score (nSPS) is 19.1. The molecule has 2 N–H and O–H groups in total. The van der Waals surface area contributed by atoms with E-state index in [9.17, 15) is 4.79 Å². The van der Waals surface area contributed by atoms with E-state index >= 15 is 0 Å². The Balaban J connectivity index is 2.72. The fourth-order valence-corrected chi connectivity index (χ4v) is 3.04. The molecule has 1 saturated carbocycles. The standard InChI is InChI=1S/C13H26N2O/c1-11(2)10-13(6-4-5-7-13)12(16)15(3)9-8-14/h11H,4-10,14H2,1-3H3. The van der Waals surface area contributed by atoms with Crippen LogP contribution in [0.3, 0.4) is 0 Å². The van der Waals surface area contributed by atoms with Crippen molar-refractivity contribution in [3.8, 4) is 0 Å². The Morgan fingerprint density at radius 1 is 1.38 bits per heavy atom. The zero-order valence-corrected chi connectivity index (χ0v) is 11.0. The molecule has 1 fully saturated rings. The fourth-order valence-electron chi connectivity index (χ4n) is 3.04. The number of amides is 1. The first-order valence-electron chi connectivity index (χ1n) is 6.47. The summed E-state index contributed by atoms with van der Waals surface area (Å²) in [5.41, 5.74) is 5.45. The second kappa shape index (κ2) is 5.67. The Kier molecular flexibility index (Phi) is 4.78. The highest BCUT2D eigenvalue weighted by molar-refractivity contribution is 5.82. The molecule has 0 aromatic carbocycles. The first-order valence-corrected chi connectivity index (χ1v) is 6.47. The maximum Gasteiger partial charge on any atom is 0.228 e. The van der Waals surface area contributed by atoms with E-state index in [4.69, 9.17) is 5.73 Å². The lowest BCUT2D eigenvalue weighted by atomic mass is 9.77. The largest absolute Gasteiger partial charge is 0.344 e. The average molecular weight is 226 g/mol. The molecule has 0 radical (unpaired) electrons. The minimum atomic E-state index is -0.0713. The van der Waals surface area contributed by atoms with Crippen LogP contribution in [0.4, 0.5) is 0 Å². The van der Waals surface area contributed by atoms with Gasteiger partial charge in [-0.15, -0.1) is 0 Å². The van der Waals surface area contributed by atoms with E-state index in [1.165, 1.54) is 12.8 Å². The van der Waals surface area contributed by atoms with Gasteiger partial charge in [0.2, 0.25) is 5.91 Å². The molecule has 0 bridgehead atoms. The van der Waals surface area contributed by atoms with Crippen LogP contribution in [0.5, 0.6) is 0 Å². The quantitative estimate of drug-likeness (QED) is 0.779. The lowest BCUT2D eigenvalue weighted by Gasteiger charge is -2.33. The monoisotopic (exact) mass is 226 g/mol. The third-order valence-electron chi connectivity index (χ3n) is 3.62. The molecular weight excluding hydrogens is 200 g/mol. The first-order chi connectivity index (χ1) is 7.52.